The largest absolute Gasteiger partial charge is 0.465 e. The van der Waals surface area contributed by atoms with Crippen LogP contribution in [0.2, 0.25) is 0 Å². The van der Waals surface area contributed by atoms with Gasteiger partial charge in [0, 0.05) is 6.54 Å². The fourth-order valence-corrected chi connectivity index (χ4v) is 5.00. The number of carbonyl (C=O) groups is 2. The quantitative estimate of drug-likeness (QED) is 0.414. The average Bonchev–Trinajstić information content (AvgIpc) is 2.86. The van der Waals surface area contributed by atoms with E-state index in [9.17, 15) is 14.7 Å². The number of fused-ring (bicyclic) bond motifs is 1. The number of aryl methyl sites for hydroxylation is 1. The Labute approximate surface area is 213 Å². The van der Waals surface area contributed by atoms with Gasteiger partial charge in [-0.3, -0.25) is 4.79 Å². The molecular weight excluding hydrogens is 450 g/mol. The third kappa shape index (κ3) is 5.76. The summed E-state index contributed by atoms with van der Waals surface area (Å²) in [6.07, 6.45) is 0.983. The van der Waals surface area contributed by atoms with Crippen LogP contribution < -0.4 is 0 Å². The van der Waals surface area contributed by atoms with E-state index in [1.165, 1.54) is 10.5 Å². The molecule has 4 rings (SSSR count). The van der Waals surface area contributed by atoms with Crippen molar-refractivity contribution >= 4 is 28.6 Å². The van der Waals surface area contributed by atoms with Gasteiger partial charge in [0.2, 0.25) is 5.96 Å². The number of Topliss-reactive ketones (excluding diaryl/α,β-unsaturated/α-hetero) is 1. The van der Waals surface area contributed by atoms with E-state index in [2.05, 4.69) is 30.3 Å². The van der Waals surface area contributed by atoms with Crippen molar-refractivity contribution in [3.05, 3.63) is 83.9 Å². The Morgan fingerprint density at radius 2 is 1.69 bits per heavy atom. The van der Waals surface area contributed by atoms with Crippen LogP contribution in [-0.2, 0) is 11.2 Å². The lowest BCUT2D eigenvalue weighted by molar-refractivity contribution is -0.125. The van der Waals surface area contributed by atoms with Crippen molar-refractivity contribution < 1.29 is 14.7 Å². The van der Waals surface area contributed by atoms with Gasteiger partial charge in [0.1, 0.15) is 6.04 Å². The van der Waals surface area contributed by atoms with Crippen LogP contribution in [0.25, 0.3) is 10.8 Å². The van der Waals surface area contributed by atoms with Crippen molar-refractivity contribution in [3.63, 3.8) is 0 Å². The highest BCUT2D eigenvalue weighted by Gasteiger charge is 2.41. The molecule has 2 atom stereocenters. The van der Waals surface area contributed by atoms with E-state index in [1.807, 2.05) is 68.1 Å². The summed E-state index contributed by atoms with van der Waals surface area (Å²) >= 11 is 0. The minimum absolute atomic E-state index is 0.0671. The Morgan fingerprint density at radius 1 is 1.00 bits per heavy atom. The standard InChI is InChI=1S/C30H35N3O3/c1-21(2)19-27-28(34)20-32(18-10-13-23-11-5-4-6-12-23)29(33(27)30(35)36)31-22(3)25-17-9-15-24-14-7-8-16-26(24)25/h4-9,11-12,14-17,21-22,27H,10,13,18-20H2,1-3H3,(H,35,36)/t22?,27-/m0/s1. The number of nitrogens with zero attached hydrogens (tertiary/aromatic N) is 3. The van der Waals surface area contributed by atoms with E-state index in [4.69, 9.17) is 4.99 Å². The zero-order valence-electron chi connectivity index (χ0n) is 21.3. The van der Waals surface area contributed by atoms with Gasteiger partial charge in [0.15, 0.2) is 5.78 Å². The fourth-order valence-electron chi connectivity index (χ4n) is 5.00. The molecule has 0 aromatic heterocycles. The molecule has 3 aromatic rings. The lowest BCUT2D eigenvalue weighted by Gasteiger charge is -2.41. The van der Waals surface area contributed by atoms with Crippen LogP contribution in [0.3, 0.4) is 0 Å². The molecule has 1 unspecified atom stereocenters. The van der Waals surface area contributed by atoms with Crippen molar-refractivity contribution in [2.45, 2.75) is 52.1 Å². The van der Waals surface area contributed by atoms with Crippen molar-refractivity contribution in [2.75, 3.05) is 13.1 Å². The van der Waals surface area contributed by atoms with Gasteiger partial charge in [-0.15, -0.1) is 0 Å². The fraction of sp³-hybridized carbons (Fsp3) is 0.367. The highest BCUT2D eigenvalue weighted by Crippen LogP contribution is 2.29. The third-order valence-electron chi connectivity index (χ3n) is 6.75. The second-order valence-corrected chi connectivity index (χ2v) is 9.95. The summed E-state index contributed by atoms with van der Waals surface area (Å²) in [5.41, 5.74) is 2.25. The molecule has 6 nitrogen and oxygen atoms in total. The molecule has 0 spiro atoms. The molecule has 3 aromatic carbocycles. The van der Waals surface area contributed by atoms with Gasteiger partial charge in [-0.2, -0.15) is 0 Å². The molecule has 0 radical (unpaired) electrons. The smallest absolute Gasteiger partial charge is 0.414 e. The van der Waals surface area contributed by atoms with Crippen LogP contribution in [0.5, 0.6) is 0 Å². The van der Waals surface area contributed by atoms with E-state index in [-0.39, 0.29) is 24.3 Å². The Balaban J connectivity index is 1.69. The molecule has 36 heavy (non-hydrogen) atoms. The summed E-state index contributed by atoms with van der Waals surface area (Å²) in [7, 11) is 0. The molecule has 0 aliphatic carbocycles. The van der Waals surface area contributed by atoms with Crippen LogP contribution in [0.4, 0.5) is 4.79 Å². The summed E-state index contributed by atoms with van der Waals surface area (Å²) in [6, 6.07) is 23.5. The van der Waals surface area contributed by atoms with Crippen LogP contribution in [0, 0.1) is 5.92 Å². The first-order chi connectivity index (χ1) is 17.3. The number of aliphatic imine (C=N–C) groups is 1. The molecule has 1 aliphatic rings. The average molecular weight is 486 g/mol. The van der Waals surface area contributed by atoms with Gasteiger partial charge < -0.3 is 10.0 Å². The molecule has 6 heteroatoms. The number of amides is 1. The molecule has 0 bridgehead atoms. The van der Waals surface area contributed by atoms with Crippen LogP contribution in [-0.4, -0.2) is 51.9 Å². The first-order valence-corrected chi connectivity index (χ1v) is 12.7. The lowest BCUT2D eigenvalue weighted by atomic mass is 9.96. The van der Waals surface area contributed by atoms with E-state index in [0.29, 0.717) is 18.9 Å². The third-order valence-corrected chi connectivity index (χ3v) is 6.75. The minimum atomic E-state index is -1.13. The van der Waals surface area contributed by atoms with Gasteiger partial charge in [-0.25, -0.2) is 14.7 Å². The van der Waals surface area contributed by atoms with Gasteiger partial charge >= 0.3 is 6.09 Å². The molecular formula is C30H35N3O3. The van der Waals surface area contributed by atoms with E-state index < -0.39 is 12.1 Å². The number of guanidine groups is 1. The van der Waals surface area contributed by atoms with E-state index in [1.54, 1.807) is 0 Å². The van der Waals surface area contributed by atoms with Crippen molar-refractivity contribution in [2.24, 2.45) is 10.9 Å². The van der Waals surface area contributed by atoms with Gasteiger partial charge in [0.05, 0.1) is 12.6 Å². The number of hydrogen-bond acceptors (Lipinski definition) is 3. The van der Waals surface area contributed by atoms with E-state index >= 15 is 0 Å². The summed E-state index contributed by atoms with van der Waals surface area (Å²) in [4.78, 5) is 33.8. The molecule has 1 amide bonds. The number of carboxylic acid groups (broad SMARTS) is 1. The van der Waals surface area contributed by atoms with Crippen molar-refractivity contribution in [3.8, 4) is 0 Å². The highest BCUT2D eigenvalue weighted by atomic mass is 16.4. The van der Waals surface area contributed by atoms with Crippen molar-refractivity contribution in [1.82, 2.24) is 9.80 Å². The predicted molar refractivity (Wildman–Crippen MR) is 144 cm³/mol. The number of ketones is 1. The first kappa shape index (κ1) is 25.4. The van der Waals surface area contributed by atoms with E-state index in [0.717, 1.165) is 29.2 Å². The first-order valence-electron chi connectivity index (χ1n) is 12.7. The zero-order valence-corrected chi connectivity index (χ0v) is 21.3. The van der Waals surface area contributed by atoms with Gasteiger partial charge in [-0.1, -0.05) is 86.6 Å². The molecule has 1 heterocycles. The van der Waals surface area contributed by atoms with Crippen LogP contribution in [0.1, 0.15) is 50.8 Å². The lowest BCUT2D eigenvalue weighted by Crippen LogP contribution is -2.62. The SMILES string of the molecule is CC(C)C[C@H]1C(=O)CN(CCCc2ccccc2)C(=NC(C)c2cccc3ccccc23)N1C(=O)O. The van der Waals surface area contributed by atoms with Crippen LogP contribution in [0.15, 0.2) is 77.8 Å². The second kappa shape index (κ2) is 11.4. The molecule has 1 N–H and O–H groups in total. The number of rotatable bonds is 8. The number of carbonyl (C=O) groups excluding carboxylic acids is 1. The summed E-state index contributed by atoms with van der Waals surface area (Å²) in [6.45, 7) is 6.74. The number of hydrogen-bond donors (Lipinski definition) is 1. The molecule has 188 valence electrons. The summed E-state index contributed by atoms with van der Waals surface area (Å²) in [5, 5.41) is 12.5. The van der Waals surface area contributed by atoms with Crippen LogP contribution >= 0.6 is 0 Å². The maximum absolute atomic E-state index is 13.2. The molecule has 1 saturated heterocycles. The molecule has 1 aliphatic heterocycles. The zero-order chi connectivity index (χ0) is 25.7. The maximum atomic E-state index is 13.2. The summed E-state index contributed by atoms with van der Waals surface area (Å²) in [5.74, 6) is 0.492. The van der Waals surface area contributed by atoms with Gasteiger partial charge in [-0.05, 0) is 54.0 Å². The highest BCUT2D eigenvalue weighted by molar-refractivity contribution is 6.05. The maximum Gasteiger partial charge on any atom is 0.414 e. The Kier molecular flexibility index (Phi) is 8.04. The molecule has 1 fully saturated rings. The Bertz CT molecular complexity index is 1230. The van der Waals surface area contributed by atoms with Gasteiger partial charge in [0.25, 0.3) is 0 Å². The monoisotopic (exact) mass is 485 g/mol. The summed E-state index contributed by atoms with van der Waals surface area (Å²) < 4.78 is 0. The minimum Gasteiger partial charge on any atom is -0.465 e. The Morgan fingerprint density at radius 3 is 2.42 bits per heavy atom. The topological polar surface area (TPSA) is 73.2 Å². The number of benzene rings is 3. The van der Waals surface area contributed by atoms with Crippen molar-refractivity contribution in [1.29, 1.82) is 0 Å². The molecule has 0 saturated carbocycles. The normalized spacial score (nSPS) is 18.3. The Hall–Kier alpha value is -3.67. The predicted octanol–water partition coefficient (Wildman–Crippen LogP) is 6.17. The second-order valence-electron chi connectivity index (χ2n) is 9.95.